The fourth-order valence-corrected chi connectivity index (χ4v) is 0.0667. The first kappa shape index (κ1) is 16.8. The van der Waals surface area contributed by atoms with E-state index in [4.69, 9.17) is 35.6 Å². The molecular formula is H2N4O7Pt. The van der Waals surface area contributed by atoms with Gasteiger partial charge in [0, 0.05) is 21.1 Å². The van der Waals surface area contributed by atoms with Crippen LogP contribution in [0, 0.1) is 30.3 Å². The van der Waals surface area contributed by atoms with Crippen molar-refractivity contribution in [1.82, 2.24) is 5.53 Å². The maximum Gasteiger partial charge on any atom is 0.291 e. The van der Waals surface area contributed by atoms with Crippen molar-refractivity contribution in [2.24, 2.45) is 0 Å². The van der Waals surface area contributed by atoms with Gasteiger partial charge >= 0.3 is 0 Å². The smallest absolute Gasteiger partial charge is 0.291 e. The minimum absolute atomic E-state index is 0. The molecule has 11 nitrogen and oxygen atoms in total. The maximum atomic E-state index is 9.06. The molecule has 0 rings (SSSR count). The van der Waals surface area contributed by atoms with Crippen LogP contribution in [0.1, 0.15) is 0 Å². The Morgan fingerprint density at radius 3 is 1.17 bits per heavy atom. The molecule has 0 aromatic rings. The van der Waals surface area contributed by atoms with Gasteiger partial charge in [0.15, 0.2) is 5.53 Å². The topological polar surface area (TPSA) is 162 Å². The summed E-state index contributed by atoms with van der Waals surface area (Å²) in [6.07, 6.45) is 0. The van der Waals surface area contributed by atoms with Crippen LogP contribution < -0.4 is 5.53 Å². The van der Waals surface area contributed by atoms with E-state index in [-0.39, 0.29) is 21.1 Å². The van der Waals surface area contributed by atoms with Crippen LogP contribution in [0.5, 0.6) is 0 Å². The second-order valence-electron chi connectivity index (χ2n) is 0.852. The second-order valence-corrected chi connectivity index (χ2v) is 0.852. The van der Waals surface area contributed by atoms with Gasteiger partial charge in [-0.1, -0.05) is 0 Å². The van der Waals surface area contributed by atoms with Crippen LogP contribution in [0.25, 0.3) is 0 Å². The average molecular weight is 365 g/mol. The monoisotopic (exact) mass is 365 g/mol. The maximum absolute atomic E-state index is 9.06. The summed E-state index contributed by atoms with van der Waals surface area (Å²) >= 11 is 0. The third-order valence-electron chi connectivity index (χ3n) is 0.163. The molecule has 0 aromatic heterocycles. The normalized spacial score (nSPS) is 6.33. The van der Waals surface area contributed by atoms with Crippen molar-refractivity contribution in [3.8, 4) is 0 Å². The molecule has 2 N–H and O–H groups in total. The summed E-state index contributed by atoms with van der Waals surface area (Å²) in [4.78, 5) is 26.5. The minimum atomic E-state index is -1.50. The van der Waals surface area contributed by atoms with Gasteiger partial charge < -0.3 is 5.21 Å². The van der Waals surface area contributed by atoms with Crippen LogP contribution in [0.4, 0.5) is 0 Å². The summed E-state index contributed by atoms with van der Waals surface area (Å²) in [5.74, 6) is 0. The van der Waals surface area contributed by atoms with Crippen molar-refractivity contribution in [3.63, 3.8) is 0 Å². The Bertz CT molecular complexity index is 149. The van der Waals surface area contributed by atoms with Gasteiger partial charge in [-0.2, -0.15) is 0 Å². The fraction of sp³-hybridized carbons (Fsp3) is 0. The molecule has 0 heterocycles. The summed E-state index contributed by atoms with van der Waals surface area (Å²) in [6, 6.07) is 0. The number of hydrazine groups is 2. The van der Waals surface area contributed by atoms with E-state index in [1.165, 1.54) is 0 Å². The van der Waals surface area contributed by atoms with E-state index in [1.807, 2.05) is 0 Å². The largest absolute Gasteiger partial charge is 0.328 e. The molecule has 12 heteroatoms. The number of rotatable bonds is 2. The van der Waals surface area contributed by atoms with E-state index in [9.17, 15) is 0 Å². The molecule has 0 aliphatic heterocycles. The van der Waals surface area contributed by atoms with Crippen LogP contribution >= 0.6 is 0 Å². The summed E-state index contributed by atoms with van der Waals surface area (Å²) in [5, 5.41) is 29.3. The molecule has 0 aliphatic carbocycles. The zero-order chi connectivity index (χ0) is 9.44. The van der Waals surface area contributed by atoms with Gasteiger partial charge in [-0.05, 0) is 0 Å². The number of hydrogen-bond acceptors (Lipinski definition) is 6. The zero-order valence-corrected chi connectivity index (χ0v) is 7.33. The zero-order valence-electron chi connectivity index (χ0n) is 5.05. The molecule has 74 valence electrons. The summed E-state index contributed by atoms with van der Waals surface area (Å²) < 4.78 is 0. The molecule has 0 amide bonds. The standard InChI is InChI=1S/HN3O4.HNO3.Pt/c4-2(5)1-3(6)7;2-1(3)4;/h1H;(H,2,3,4);. The van der Waals surface area contributed by atoms with E-state index in [0.29, 0.717) is 0 Å². The van der Waals surface area contributed by atoms with Crippen molar-refractivity contribution in [3.05, 3.63) is 30.3 Å². The minimum Gasteiger partial charge on any atom is -0.328 e. The molecule has 0 radical (unpaired) electrons. The Morgan fingerprint density at radius 2 is 1.17 bits per heavy atom. The number of nitrogens with zero attached hydrogens (tertiary/aromatic N) is 3. The quantitative estimate of drug-likeness (QED) is 0.446. The number of nitrogens with one attached hydrogen (secondary N) is 1. The van der Waals surface area contributed by atoms with Crippen molar-refractivity contribution in [2.75, 3.05) is 0 Å². The van der Waals surface area contributed by atoms with Gasteiger partial charge in [0.2, 0.25) is 10.1 Å². The average Bonchev–Trinajstić information content (AvgIpc) is 1.56. The van der Waals surface area contributed by atoms with E-state index in [2.05, 4.69) is 0 Å². The molecule has 0 saturated heterocycles. The Hall–Kier alpha value is -1.51. The molecule has 0 saturated carbocycles. The molecule has 12 heavy (non-hydrogen) atoms. The van der Waals surface area contributed by atoms with E-state index >= 15 is 0 Å². The van der Waals surface area contributed by atoms with Gasteiger partial charge in [-0.3, -0.25) is 0 Å². The first-order valence-electron chi connectivity index (χ1n) is 1.74. The molecule has 0 bridgehead atoms. The second kappa shape index (κ2) is 9.49. The molecule has 0 atom stereocenters. The Labute approximate surface area is 78.0 Å². The van der Waals surface area contributed by atoms with E-state index < -0.39 is 15.2 Å². The summed E-state index contributed by atoms with van der Waals surface area (Å²) in [5.41, 5.74) is 0.750. The molecule has 0 aromatic carbocycles. The summed E-state index contributed by atoms with van der Waals surface area (Å²) in [7, 11) is 0. The van der Waals surface area contributed by atoms with Crippen LogP contribution in [-0.2, 0) is 21.1 Å². The third-order valence-corrected chi connectivity index (χ3v) is 0.163. The van der Waals surface area contributed by atoms with Gasteiger partial charge in [-0.25, -0.2) is 20.2 Å². The van der Waals surface area contributed by atoms with E-state index in [0.717, 1.165) is 5.53 Å². The Balaban J connectivity index is -0.000000142. The summed E-state index contributed by atoms with van der Waals surface area (Å²) in [6.45, 7) is 0. The SMILES string of the molecule is O=[N+]([O-])N[N+](=O)[O-].O=[N+]([O-])O.[Pt]. The third kappa shape index (κ3) is 76.9. The Kier molecular flexibility index (Phi) is 13.3. The van der Waals surface area contributed by atoms with Gasteiger partial charge in [0.25, 0.3) is 5.09 Å². The fourth-order valence-electron chi connectivity index (χ4n) is 0.0667. The molecule has 0 aliphatic rings. The Morgan fingerprint density at radius 1 is 1.00 bits per heavy atom. The predicted octanol–water partition coefficient (Wildman–Crippen LogP) is -1.39. The first-order valence-corrected chi connectivity index (χ1v) is 1.74. The van der Waals surface area contributed by atoms with Crippen molar-refractivity contribution in [1.29, 1.82) is 0 Å². The number of nitro groups is 2. The van der Waals surface area contributed by atoms with Crippen LogP contribution in [0.15, 0.2) is 0 Å². The van der Waals surface area contributed by atoms with Crippen molar-refractivity contribution in [2.45, 2.75) is 0 Å². The van der Waals surface area contributed by atoms with Crippen molar-refractivity contribution >= 4 is 0 Å². The predicted molar refractivity (Wildman–Crippen MR) is 25.9 cm³/mol. The van der Waals surface area contributed by atoms with Crippen LogP contribution in [0.2, 0.25) is 0 Å². The number of hydrogen-bond donors (Lipinski definition) is 2. The molecular weight excluding hydrogens is 363 g/mol. The molecule has 0 fully saturated rings. The van der Waals surface area contributed by atoms with Crippen molar-refractivity contribution < 1.29 is 41.4 Å². The van der Waals surface area contributed by atoms with Crippen LogP contribution in [0.3, 0.4) is 0 Å². The van der Waals surface area contributed by atoms with Gasteiger partial charge in [-0.15, -0.1) is 10.1 Å². The van der Waals surface area contributed by atoms with Gasteiger partial charge in [0.05, 0.1) is 0 Å². The molecule has 0 spiro atoms. The van der Waals surface area contributed by atoms with Gasteiger partial charge in [0.1, 0.15) is 0 Å². The van der Waals surface area contributed by atoms with E-state index in [1.54, 1.807) is 0 Å². The molecule has 0 unspecified atom stereocenters. The van der Waals surface area contributed by atoms with Crippen LogP contribution in [-0.4, -0.2) is 20.4 Å². The first-order chi connectivity index (χ1) is 4.86.